The van der Waals surface area contributed by atoms with Gasteiger partial charge in [-0.3, -0.25) is 13.9 Å². The third-order valence-corrected chi connectivity index (χ3v) is 3.70. The summed E-state index contributed by atoms with van der Waals surface area (Å²) in [6.07, 6.45) is 0. The average molecular weight is 254 g/mol. The molecule has 2 aromatic heterocycles. The third kappa shape index (κ3) is 1.59. The van der Waals surface area contributed by atoms with E-state index in [4.69, 9.17) is 0 Å². The Morgan fingerprint density at radius 3 is 2.53 bits per heavy atom. The minimum atomic E-state index is -0.513. The highest BCUT2D eigenvalue weighted by atomic mass is 32.1. The van der Waals surface area contributed by atoms with Crippen molar-refractivity contribution >= 4 is 27.5 Å². The molecule has 0 N–H and O–H groups in total. The summed E-state index contributed by atoms with van der Waals surface area (Å²) in [5.74, 6) is -0.513. The monoisotopic (exact) mass is 254 g/mol. The second kappa shape index (κ2) is 3.85. The lowest BCUT2D eigenvalue weighted by atomic mass is 10.3. The van der Waals surface area contributed by atoms with Crippen molar-refractivity contribution in [3.63, 3.8) is 0 Å². The molecule has 90 valence electrons. The van der Waals surface area contributed by atoms with Crippen LogP contribution in [0.5, 0.6) is 0 Å². The van der Waals surface area contributed by atoms with Crippen LogP contribution in [-0.2, 0) is 18.8 Å². The summed E-state index contributed by atoms with van der Waals surface area (Å²) in [6, 6.07) is 1.45. The van der Waals surface area contributed by atoms with Gasteiger partial charge >= 0.3 is 11.7 Å². The lowest BCUT2D eigenvalue weighted by molar-refractivity contribution is 0.0606. The first kappa shape index (κ1) is 11.6. The summed E-state index contributed by atoms with van der Waals surface area (Å²) in [4.78, 5) is 35.6. The molecule has 7 heteroatoms. The second-order valence-corrected chi connectivity index (χ2v) is 4.56. The fourth-order valence-corrected chi connectivity index (χ4v) is 2.59. The largest absolute Gasteiger partial charge is 0.465 e. The van der Waals surface area contributed by atoms with Gasteiger partial charge in [-0.2, -0.15) is 0 Å². The van der Waals surface area contributed by atoms with E-state index in [1.165, 1.54) is 24.8 Å². The SMILES string of the molecule is COC(=O)c1cc2c(=O)n(C)c(=O)n(C)c2s1. The summed E-state index contributed by atoms with van der Waals surface area (Å²) >= 11 is 1.07. The molecular formula is C10H10N2O4S. The van der Waals surface area contributed by atoms with E-state index in [-0.39, 0.29) is 0 Å². The molecule has 0 radical (unpaired) electrons. The number of esters is 1. The van der Waals surface area contributed by atoms with E-state index >= 15 is 0 Å². The quantitative estimate of drug-likeness (QED) is 0.676. The van der Waals surface area contributed by atoms with Crippen molar-refractivity contribution in [1.29, 1.82) is 0 Å². The summed E-state index contributed by atoms with van der Waals surface area (Å²) in [7, 11) is 4.23. The topological polar surface area (TPSA) is 70.3 Å². The molecule has 0 aliphatic rings. The normalized spacial score (nSPS) is 10.8. The molecule has 17 heavy (non-hydrogen) atoms. The highest BCUT2D eigenvalue weighted by Crippen LogP contribution is 2.21. The van der Waals surface area contributed by atoms with Crippen molar-refractivity contribution in [2.75, 3.05) is 7.11 Å². The molecule has 0 aliphatic heterocycles. The smallest absolute Gasteiger partial charge is 0.348 e. The molecule has 0 amide bonds. The van der Waals surface area contributed by atoms with Gasteiger partial charge in [0.25, 0.3) is 5.56 Å². The molecule has 6 nitrogen and oxygen atoms in total. The maximum atomic E-state index is 11.8. The first-order valence-corrected chi connectivity index (χ1v) is 5.57. The molecule has 0 bridgehead atoms. The van der Waals surface area contributed by atoms with Crippen molar-refractivity contribution in [1.82, 2.24) is 9.13 Å². The van der Waals surface area contributed by atoms with Gasteiger partial charge in [-0.15, -0.1) is 11.3 Å². The highest BCUT2D eigenvalue weighted by Gasteiger charge is 2.16. The van der Waals surface area contributed by atoms with E-state index in [2.05, 4.69) is 4.74 Å². The Bertz CT molecular complexity index is 722. The van der Waals surface area contributed by atoms with Crippen LogP contribution in [-0.4, -0.2) is 22.2 Å². The molecule has 2 aromatic rings. The predicted octanol–water partition coefficient (Wildman–Crippen LogP) is 0.0853. The minimum Gasteiger partial charge on any atom is -0.465 e. The number of fused-ring (bicyclic) bond motifs is 1. The van der Waals surface area contributed by atoms with Gasteiger partial charge in [-0.05, 0) is 6.07 Å². The van der Waals surface area contributed by atoms with Gasteiger partial charge in [0, 0.05) is 14.1 Å². The molecule has 2 rings (SSSR count). The van der Waals surface area contributed by atoms with Crippen LogP contribution < -0.4 is 11.2 Å². The second-order valence-electron chi connectivity index (χ2n) is 3.53. The number of hydrogen-bond donors (Lipinski definition) is 0. The van der Waals surface area contributed by atoms with Crippen LogP contribution in [0.2, 0.25) is 0 Å². The van der Waals surface area contributed by atoms with Crippen LogP contribution in [0.25, 0.3) is 10.2 Å². The number of rotatable bonds is 1. The summed E-state index contributed by atoms with van der Waals surface area (Å²) < 4.78 is 6.93. The Morgan fingerprint density at radius 2 is 1.94 bits per heavy atom. The zero-order valence-electron chi connectivity index (χ0n) is 9.51. The zero-order chi connectivity index (χ0) is 12.7. The number of carbonyl (C=O) groups excluding carboxylic acids is 1. The average Bonchev–Trinajstić information content (AvgIpc) is 2.77. The van der Waals surface area contributed by atoms with Gasteiger partial charge in [0.2, 0.25) is 0 Å². The van der Waals surface area contributed by atoms with Crippen LogP contribution in [0, 0.1) is 0 Å². The van der Waals surface area contributed by atoms with Gasteiger partial charge < -0.3 is 4.74 Å². The Labute approximate surface area is 99.7 Å². The molecule has 0 aliphatic carbocycles. The number of nitrogens with zero attached hydrogens (tertiary/aromatic N) is 2. The molecule has 0 atom stereocenters. The lowest BCUT2D eigenvalue weighted by Gasteiger charge is -2.01. The molecular weight excluding hydrogens is 244 g/mol. The van der Waals surface area contributed by atoms with E-state index in [1.807, 2.05) is 0 Å². The first-order valence-electron chi connectivity index (χ1n) is 4.75. The molecule has 2 heterocycles. The van der Waals surface area contributed by atoms with Crippen molar-refractivity contribution in [3.8, 4) is 0 Å². The maximum Gasteiger partial charge on any atom is 0.348 e. The lowest BCUT2D eigenvalue weighted by Crippen LogP contribution is -2.36. The Balaban J connectivity index is 2.91. The number of thiophene rings is 1. The van der Waals surface area contributed by atoms with Gasteiger partial charge in [-0.25, -0.2) is 9.59 Å². The van der Waals surface area contributed by atoms with Crippen LogP contribution in [0.1, 0.15) is 9.67 Å². The number of aryl methyl sites for hydroxylation is 1. The third-order valence-electron chi connectivity index (χ3n) is 2.51. The molecule has 0 aromatic carbocycles. The van der Waals surface area contributed by atoms with E-state index in [9.17, 15) is 14.4 Å². The van der Waals surface area contributed by atoms with Crippen molar-refractivity contribution in [2.45, 2.75) is 0 Å². The Kier molecular flexibility index (Phi) is 2.62. The van der Waals surface area contributed by atoms with Crippen LogP contribution in [0.4, 0.5) is 0 Å². The van der Waals surface area contributed by atoms with Gasteiger partial charge in [0.15, 0.2) is 0 Å². The number of hydrogen-bond acceptors (Lipinski definition) is 5. The summed E-state index contributed by atoms with van der Waals surface area (Å²) in [5.41, 5.74) is -0.824. The Hall–Kier alpha value is -1.89. The van der Waals surface area contributed by atoms with E-state index in [1.54, 1.807) is 7.05 Å². The van der Waals surface area contributed by atoms with Crippen LogP contribution in [0.15, 0.2) is 15.7 Å². The van der Waals surface area contributed by atoms with Crippen LogP contribution >= 0.6 is 11.3 Å². The maximum absolute atomic E-state index is 11.8. The minimum absolute atomic E-state index is 0.306. The number of aromatic nitrogens is 2. The van der Waals surface area contributed by atoms with Crippen LogP contribution in [0.3, 0.4) is 0 Å². The number of carbonyl (C=O) groups is 1. The molecule has 0 spiro atoms. The van der Waals surface area contributed by atoms with Crippen molar-refractivity contribution in [3.05, 3.63) is 31.8 Å². The van der Waals surface area contributed by atoms with Gasteiger partial charge in [-0.1, -0.05) is 0 Å². The standard InChI is InChI=1S/C10H10N2O4S/c1-11-7(13)5-4-6(9(14)16-3)17-8(5)12(2)10(11)15/h4H,1-3H3. The van der Waals surface area contributed by atoms with Gasteiger partial charge in [0.1, 0.15) is 9.71 Å². The zero-order valence-corrected chi connectivity index (χ0v) is 10.3. The van der Waals surface area contributed by atoms with E-state index in [0.717, 1.165) is 15.9 Å². The molecule has 0 unspecified atom stereocenters. The predicted molar refractivity (Wildman–Crippen MR) is 63.6 cm³/mol. The van der Waals surface area contributed by atoms with E-state index < -0.39 is 17.2 Å². The fourth-order valence-electron chi connectivity index (χ4n) is 1.56. The van der Waals surface area contributed by atoms with Gasteiger partial charge in [0.05, 0.1) is 12.5 Å². The highest BCUT2D eigenvalue weighted by molar-refractivity contribution is 7.20. The summed E-state index contributed by atoms with van der Waals surface area (Å²) in [6.45, 7) is 0. The van der Waals surface area contributed by atoms with Crippen molar-refractivity contribution < 1.29 is 9.53 Å². The number of ether oxygens (including phenoxy) is 1. The molecule has 0 saturated carbocycles. The fraction of sp³-hybridized carbons (Fsp3) is 0.300. The van der Waals surface area contributed by atoms with E-state index in [0.29, 0.717) is 15.1 Å². The van der Waals surface area contributed by atoms with Crippen molar-refractivity contribution in [2.24, 2.45) is 14.1 Å². The Morgan fingerprint density at radius 1 is 1.29 bits per heavy atom. The summed E-state index contributed by atoms with van der Waals surface area (Å²) in [5, 5.41) is 0.347. The number of methoxy groups -OCH3 is 1. The molecule has 0 saturated heterocycles. The first-order chi connectivity index (χ1) is 7.97. The molecule has 0 fully saturated rings.